The summed E-state index contributed by atoms with van der Waals surface area (Å²) >= 11 is 0. The minimum atomic E-state index is -0.366. The Kier molecular flexibility index (Phi) is 2.65. The highest BCUT2D eigenvalue weighted by molar-refractivity contribution is 5.49. The molecule has 1 heterocycles. The maximum absolute atomic E-state index is 13.1. The standard InChI is InChI=1S/C10H13FN2O/c11-8-3-1-2-7(10(8)12)9-6-14-5-4-13-9/h1-3,9,13H,4-6,12H2. The van der Waals surface area contributed by atoms with Crippen molar-refractivity contribution in [3.63, 3.8) is 0 Å². The van der Waals surface area contributed by atoms with Gasteiger partial charge in [0.05, 0.1) is 24.9 Å². The third-order valence-electron chi connectivity index (χ3n) is 2.38. The van der Waals surface area contributed by atoms with Gasteiger partial charge in [-0.1, -0.05) is 12.1 Å². The van der Waals surface area contributed by atoms with E-state index in [2.05, 4.69) is 5.32 Å². The molecule has 3 N–H and O–H groups in total. The van der Waals surface area contributed by atoms with Crippen molar-refractivity contribution in [3.05, 3.63) is 29.6 Å². The van der Waals surface area contributed by atoms with Crippen LogP contribution in [0.4, 0.5) is 10.1 Å². The molecule has 1 aromatic carbocycles. The number of hydrogen-bond acceptors (Lipinski definition) is 3. The van der Waals surface area contributed by atoms with Crippen LogP contribution in [0.1, 0.15) is 11.6 Å². The van der Waals surface area contributed by atoms with Crippen molar-refractivity contribution in [2.24, 2.45) is 0 Å². The van der Waals surface area contributed by atoms with Crippen molar-refractivity contribution >= 4 is 5.69 Å². The van der Waals surface area contributed by atoms with Gasteiger partial charge in [0.25, 0.3) is 0 Å². The Balaban J connectivity index is 2.26. The van der Waals surface area contributed by atoms with Gasteiger partial charge < -0.3 is 15.8 Å². The Morgan fingerprint density at radius 2 is 2.36 bits per heavy atom. The van der Waals surface area contributed by atoms with Crippen molar-refractivity contribution in [1.82, 2.24) is 5.32 Å². The molecule has 1 aliphatic heterocycles. The van der Waals surface area contributed by atoms with Crippen molar-refractivity contribution < 1.29 is 9.13 Å². The molecule has 1 aliphatic rings. The van der Waals surface area contributed by atoms with Gasteiger partial charge in [-0.25, -0.2) is 4.39 Å². The van der Waals surface area contributed by atoms with Crippen LogP contribution < -0.4 is 11.1 Å². The molecule has 14 heavy (non-hydrogen) atoms. The lowest BCUT2D eigenvalue weighted by Crippen LogP contribution is -2.35. The highest BCUT2D eigenvalue weighted by Crippen LogP contribution is 2.24. The summed E-state index contributed by atoms with van der Waals surface area (Å²) in [5, 5.41) is 3.23. The molecule has 0 radical (unpaired) electrons. The lowest BCUT2D eigenvalue weighted by Gasteiger charge is -2.25. The number of para-hydroxylation sites is 1. The molecule has 3 nitrogen and oxygen atoms in total. The third-order valence-corrected chi connectivity index (χ3v) is 2.38. The van der Waals surface area contributed by atoms with Crippen molar-refractivity contribution in [3.8, 4) is 0 Å². The molecule has 0 aliphatic carbocycles. The van der Waals surface area contributed by atoms with Gasteiger partial charge >= 0.3 is 0 Å². The average molecular weight is 196 g/mol. The van der Waals surface area contributed by atoms with Crippen molar-refractivity contribution in [2.75, 3.05) is 25.5 Å². The third kappa shape index (κ3) is 1.71. The highest BCUT2D eigenvalue weighted by atomic mass is 19.1. The predicted molar refractivity (Wildman–Crippen MR) is 52.4 cm³/mol. The molecule has 2 rings (SSSR count). The number of nitrogen functional groups attached to an aromatic ring is 1. The Hall–Kier alpha value is -1.13. The molecule has 1 saturated heterocycles. The summed E-state index contributed by atoms with van der Waals surface area (Å²) in [6.45, 7) is 2.03. The lowest BCUT2D eigenvalue weighted by molar-refractivity contribution is 0.0770. The van der Waals surface area contributed by atoms with Gasteiger partial charge in [0.1, 0.15) is 5.82 Å². The zero-order chi connectivity index (χ0) is 9.97. The van der Waals surface area contributed by atoms with E-state index < -0.39 is 0 Å². The van der Waals surface area contributed by atoms with Gasteiger partial charge in [-0.05, 0) is 11.6 Å². The first-order valence-electron chi connectivity index (χ1n) is 4.64. The number of morpholine rings is 1. The van der Waals surface area contributed by atoms with Crippen LogP contribution >= 0.6 is 0 Å². The Morgan fingerprint density at radius 1 is 1.50 bits per heavy atom. The van der Waals surface area contributed by atoms with Crippen LogP contribution in [-0.2, 0) is 4.74 Å². The number of hydrogen-bond donors (Lipinski definition) is 2. The van der Waals surface area contributed by atoms with E-state index in [-0.39, 0.29) is 17.5 Å². The number of nitrogens with two attached hydrogens (primary N) is 1. The number of anilines is 1. The van der Waals surface area contributed by atoms with Crippen LogP contribution in [0.25, 0.3) is 0 Å². The zero-order valence-electron chi connectivity index (χ0n) is 7.79. The molecule has 4 heteroatoms. The van der Waals surface area contributed by atoms with Gasteiger partial charge in [0.2, 0.25) is 0 Å². The van der Waals surface area contributed by atoms with Crippen LogP contribution in [0.3, 0.4) is 0 Å². The first-order chi connectivity index (χ1) is 6.79. The van der Waals surface area contributed by atoms with Crippen molar-refractivity contribution in [1.29, 1.82) is 0 Å². The van der Waals surface area contributed by atoms with E-state index in [1.54, 1.807) is 6.07 Å². The van der Waals surface area contributed by atoms with E-state index in [0.29, 0.717) is 13.2 Å². The van der Waals surface area contributed by atoms with Crippen LogP contribution in [0.2, 0.25) is 0 Å². The summed E-state index contributed by atoms with van der Waals surface area (Å²) < 4.78 is 18.4. The second-order valence-corrected chi connectivity index (χ2v) is 3.32. The largest absolute Gasteiger partial charge is 0.396 e. The summed E-state index contributed by atoms with van der Waals surface area (Å²) in [4.78, 5) is 0. The van der Waals surface area contributed by atoms with E-state index >= 15 is 0 Å². The topological polar surface area (TPSA) is 47.3 Å². The fourth-order valence-electron chi connectivity index (χ4n) is 1.62. The SMILES string of the molecule is Nc1c(F)cccc1C1COCCN1. The highest BCUT2D eigenvalue weighted by Gasteiger charge is 2.18. The fraction of sp³-hybridized carbons (Fsp3) is 0.400. The maximum atomic E-state index is 13.1. The number of rotatable bonds is 1. The molecule has 76 valence electrons. The summed E-state index contributed by atoms with van der Waals surface area (Å²) in [7, 11) is 0. The Morgan fingerprint density at radius 3 is 3.07 bits per heavy atom. The molecule has 1 atom stereocenters. The molecule has 0 saturated carbocycles. The lowest BCUT2D eigenvalue weighted by atomic mass is 10.0. The first kappa shape index (κ1) is 9.43. The van der Waals surface area contributed by atoms with Crippen LogP contribution in [0.15, 0.2) is 18.2 Å². The second kappa shape index (κ2) is 3.94. The van der Waals surface area contributed by atoms with Gasteiger partial charge in [0, 0.05) is 6.54 Å². The molecular formula is C10H13FN2O. The quantitative estimate of drug-likeness (QED) is 0.660. The summed E-state index contributed by atoms with van der Waals surface area (Å²) in [6.07, 6.45) is 0. The smallest absolute Gasteiger partial charge is 0.146 e. The maximum Gasteiger partial charge on any atom is 0.146 e. The fourth-order valence-corrected chi connectivity index (χ4v) is 1.62. The van der Waals surface area contributed by atoms with Crippen molar-refractivity contribution in [2.45, 2.75) is 6.04 Å². The molecule has 1 aromatic rings. The molecule has 0 amide bonds. The van der Waals surface area contributed by atoms with Crippen LogP contribution in [0.5, 0.6) is 0 Å². The molecule has 0 spiro atoms. The van der Waals surface area contributed by atoms with Crippen LogP contribution in [0, 0.1) is 5.82 Å². The zero-order valence-corrected chi connectivity index (χ0v) is 7.79. The van der Waals surface area contributed by atoms with E-state index in [1.165, 1.54) is 6.07 Å². The molecular weight excluding hydrogens is 183 g/mol. The summed E-state index contributed by atoms with van der Waals surface area (Å²) in [6, 6.07) is 4.87. The first-order valence-corrected chi connectivity index (χ1v) is 4.64. The Bertz CT molecular complexity index is 324. The number of benzene rings is 1. The molecule has 0 aromatic heterocycles. The Labute approximate surface area is 82.1 Å². The van der Waals surface area contributed by atoms with E-state index in [4.69, 9.17) is 10.5 Å². The summed E-state index contributed by atoms with van der Waals surface area (Å²) in [5.41, 5.74) is 6.64. The molecule has 0 bridgehead atoms. The monoisotopic (exact) mass is 196 g/mol. The number of nitrogens with one attached hydrogen (secondary N) is 1. The van der Waals surface area contributed by atoms with E-state index in [9.17, 15) is 4.39 Å². The minimum absolute atomic E-state index is 0.0134. The van der Waals surface area contributed by atoms with E-state index in [0.717, 1.165) is 12.1 Å². The van der Waals surface area contributed by atoms with Crippen LogP contribution in [-0.4, -0.2) is 19.8 Å². The molecule has 1 fully saturated rings. The van der Waals surface area contributed by atoms with Gasteiger partial charge in [-0.2, -0.15) is 0 Å². The normalized spacial score (nSPS) is 22.2. The second-order valence-electron chi connectivity index (χ2n) is 3.32. The summed E-state index contributed by atoms with van der Waals surface area (Å²) in [5.74, 6) is -0.366. The molecule has 1 unspecified atom stereocenters. The average Bonchev–Trinajstić information content (AvgIpc) is 2.23. The number of halogens is 1. The van der Waals surface area contributed by atoms with Gasteiger partial charge in [-0.3, -0.25) is 0 Å². The number of ether oxygens (including phenoxy) is 1. The minimum Gasteiger partial charge on any atom is -0.396 e. The van der Waals surface area contributed by atoms with Gasteiger partial charge in [-0.15, -0.1) is 0 Å². The van der Waals surface area contributed by atoms with E-state index in [1.807, 2.05) is 6.07 Å². The van der Waals surface area contributed by atoms with Gasteiger partial charge in [0.15, 0.2) is 0 Å². The predicted octanol–water partition coefficient (Wildman–Crippen LogP) is 1.07.